The van der Waals surface area contributed by atoms with E-state index >= 15 is 0 Å². The van der Waals surface area contributed by atoms with Gasteiger partial charge in [0.05, 0.1) is 4.08 Å². The van der Waals surface area contributed by atoms with Crippen LogP contribution in [0.4, 0.5) is 0 Å². The van der Waals surface area contributed by atoms with Gasteiger partial charge in [-0.05, 0) is 38.4 Å². The summed E-state index contributed by atoms with van der Waals surface area (Å²) in [5.41, 5.74) is 2.75. The maximum atomic E-state index is 2.46. The van der Waals surface area contributed by atoms with Gasteiger partial charge in [-0.3, -0.25) is 0 Å². The van der Waals surface area contributed by atoms with Crippen LogP contribution in [-0.2, 0) is 0 Å². The second-order valence-electron chi connectivity index (χ2n) is 5.65. The minimum atomic E-state index is 0.186. The maximum absolute atomic E-state index is 2.46. The maximum Gasteiger partial charge on any atom is 0.0986 e. The monoisotopic (exact) mass is 306 g/mol. The Morgan fingerprint density at radius 2 is 1.52 bits per heavy atom. The van der Waals surface area contributed by atoms with Gasteiger partial charge in [-0.2, -0.15) is 0 Å². The number of benzene rings is 2. The molecule has 0 radical (unpaired) electrons. The van der Waals surface area contributed by atoms with Gasteiger partial charge in [-0.25, -0.2) is 0 Å². The molecule has 2 aliphatic carbocycles. The fourth-order valence-corrected chi connectivity index (χ4v) is 6.35. The van der Waals surface area contributed by atoms with Crippen molar-refractivity contribution in [2.75, 3.05) is 11.5 Å². The van der Waals surface area contributed by atoms with Crippen LogP contribution >= 0.6 is 23.5 Å². The van der Waals surface area contributed by atoms with E-state index in [1.807, 2.05) is 0 Å². The number of thioether (sulfide) groups is 2. The van der Waals surface area contributed by atoms with Crippen molar-refractivity contribution < 1.29 is 0 Å². The third kappa shape index (κ3) is 1.72. The van der Waals surface area contributed by atoms with Crippen molar-refractivity contribution in [2.24, 2.45) is 0 Å². The molecule has 3 aliphatic rings. The summed E-state index contributed by atoms with van der Waals surface area (Å²) < 4.78 is 0.186. The van der Waals surface area contributed by atoms with E-state index in [0.29, 0.717) is 0 Å². The second kappa shape index (κ2) is 4.31. The highest BCUT2D eigenvalue weighted by molar-refractivity contribution is 8.22. The van der Waals surface area contributed by atoms with E-state index < -0.39 is 0 Å². The van der Waals surface area contributed by atoms with Crippen LogP contribution in [-0.4, -0.2) is 15.6 Å². The number of hydrogen-bond acceptors (Lipinski definition) is 2. The quantitative estimate of drug-likeness (QED) is 0.729. The van der Waals surface area contributed by atoms with E-state index in [1.165, 1.54) is 43.8 Å². The summed E-state index contributed by atoms with van der Waals surface area (Å²) in [6, 6.07) is 9.12. The molecule has 2 aromatic carbocycles. The summed E-state index contributed by atoms with van der Waals surface area (Å²) in [6.45, 7) is 0. The molecule has 0 amide bonds. The smallest absolute Gasteiger partial charge is 0.0986 e. The van der Waals surface area contributed by atoms with Gasteiger partial charge in [0, 0.05) is 11.5 Å². The molecule has 0 N–H and O–H groups in total. The average Bonchev–Trinajstić information content (AvgIpc) is 3.16. The van der Waals surface area contributed by atoms with Crippen LogP contribution in [0.25, 0.3) is 35.1 Å². The van der Waals surface area contributed by atoms with Gasteiger partial charge in [0.25, 0.3) is 0 Å². The number of fused-ring (bicyclic) bond motifs is 5. The Bertz CT molecular complexity index is 942. The summed E-state index contributed by atoms with van der Waals surface area (Å²) in [7, 11) is 0. The molecule has 1 spiro atoms. The summed E-state index contributed by atoms with van der Waals surface area (Å²) in [5, 5.41) is 5.47. The van der Waals surface area contributed by atoms with Crippen molar-refractivity contribution >= 4 is 58.6 Å². The van der Waals surface area contributed by atoms with Gasteiger partial charge in [0.15, 0.2) is 0 Å². The van der Waals surface area contributed by atoms with Gasteiger partial charge in [0.1, 0.15) is 0 Å². The Hall–Kier alpha value is -1.38. The van der Waals surface area contributed by atoms with Crippen molar-refractivity contribution in [1.82, 2.24) is 0 Å². The van der Waals surface area contributed by atoms with Crippen LogP contribution in [0.1, 0.15) is 11.1 Å². The van der Waals surface area contributed by atoms with Crippen molar-refractivity contribution in [3.05, 3.63) is 58.0 Å². The molecule has 1 heterocycles. The first-order valence-corrected chi connectivity index (χ1v) is 9.26. The van der Waals surface area contributed by atoms with E-state index in [4.69, 9.17) is 0 Å². The van der Waals surface area contributed by atoms with Gasteiger partial charge >= 0.3 is 0 Å². The highest BCUT2D eigenvalue weighted by Gasteiger charge is 2.32. The first-order valence-electron chi connectivity index (χ1n) is 7.29. The van der Waals surface area contributed by atoms with Crippen LogP contribution in [0.2, 0.25) is 0 Å². The largest absolute Gasteiger partial charge is 0.135 e. The fraction of sp³-hybridized carbons (Fsp3) is 0.158. The highest BCUT2D eigenvalue weighted by atomic mass is 32.2. The van der Waals surface area contributed by atoms with Crippen LogP contribution in [0, 0.1) is 0 Å². The summed E-state index contributed by atoms with van der Waals surface area (Å²) in [5.74, 6) is 2.51. The molecule has 2 aromatic rings. The molecule has 1 aliphatic heterocycles. The zero-order valence-electron chi connectivity index (χ0n) is 11.5. The summed E-state index contributed by atoms with van der Waals surface area (Å²) >= 11 is 4.12. The first-order chi connectivity index (χ1) is 10.3. The van der Waals surface area contributed by atoms with Gasteiger partial charge in [-0.1, -0.05) is 54.6 Å². The van der Waals surface area contributed by atoms with E-state index in [1.54, 1.807) is 0 Å². The molecule has 0 aromatic heterocycles. The minimum Gasteiger partial charge on any atom is -0.135 e. The Kier molecular flexibility index (Phi) is 2.50. The van der Waals surface area contributed by atoms with Crippen molar-refractivity contribution in [1.29, 1.82) is 0 Å². The third-order valence-electron chi connectivity index (χ3n) is 4.47. The average molecular weight is 306 g/mol. The lowest BCUT2D eigenvalue weighted by Gasteiger charge is -2.23. The molecule has 0 bridgehead atoms. The standard InChI is InChI=1S/C19H14S2/c1-2-13-4-6-18-16-8-9-19(20-10-11-21-19)12-14(16)5-7-17(18)15(13)3-1/h1-9,12H,10-11H2. The predicted octanol–water partition coefficient (Wildman–Crippen LogP) is 3.63. The molecule has 2 heteroatoms. The molecule has 0 nitrogen and oxygen atoms in total. The Morgan fingerprint density at radius 3 is 2.33 bits per heavy atom. The Morgan fingerprint density at radius 1 is 0.810 bits per heavy atom. The molecular weight excluding hydrogens is 292 g/mol. The van der Waals surface area contributed by atoms with Gasteiger partial charge < -0.3 is 0 Å². The zero-order valence-corrected chi connectivity index (χ0v) is 13.1. The van der Waals surface area contributed by atoms with Crippen molar-refractivity contribution in [2.45, 2.75) is 4.08 Å². The van der Waals surface area contributed by atoms with Crippen LogP contribution in [0.3, 0.4) is 0 Å². The molecular formula is C19H14S2. The van der Waals surface area contributed by atoms with Crippen LogP contribution in [0.5, 0.6) is 0 Å². The SMILES string of the molecule is C1=Cc2c(ccc3c4c(ccc23)=CC2(C=C4)SCCS2)=C1. The lowest BCUT2D eigenvalue weighted by Crippen LogP contribution is -2.21. The molecule has 5 rings (SSSR count). The van der Waals surface area contributed by atoms with Crippen molar-refractivity contribution in [3.63, 3.8) is 0 Å². The lowest BCUT2D eigenvalue weighted by molar-refractivity contribution is 1.38. The summed E-state index contributed by atoms with van der Waals surface area (Å²) in [4.78, 5) is 0. The molecule has 21 heavy (non-hydrogen) atoms. The van der Waals surface area contributed by atoms with E-state index in [-0.39, 0.29) is 4.08 Å². The Balaban J connectivity index is 1.84. The predicted molar refractivity (Wildman–Crippen MR) is 97.8 cm³/mol. The number of rotatable bonds is 0. The van der Waals surface area contributed by atoms with Gasteiger partial charge in [0.2, 0.25) is 0 Å². The first kappa shape index (κ1) is 12.2. The van der Waals surface area contributed by atoms with Crippen molar-refractivity contribution in [3.8, 4) is 0 Å². The second-order valence-corrected chi connectivity index (χ2v) is 8.66. The molecule has 0 unspecified atom stereocenters. The van der Waals surface area contributed by atoms with E-state index in [2.05, 4.69) is 84.2 Å². The topological polar surface area (TPSA) is 0 Å². The zero-order chi connectivity index (χ0) is 13.9. The van der Waals surface area contributed by atoms with Crippen LogP contribution < -0.4 is 10.4 Å². The molecule has 1 saturated heterocycles. The lowest BCUT2D eigenvalue weighted by atomic mass is 9.95. The number of hydrogen-bond donors (Lipinski definition) is 0. The fourth-order valence-electron chi connectivity index (χ4n) is 3.47. The Labute approximate surface area is 132 Å². The number of allylic oxidation sites excluding steroid dienone is 1. The highest BCUT2D eigenvalue weighted by Crippen LogP contribution is 2.47. The normalized spacial score (nSPS) is 20.4. The summed E-state index contributed by atoms with van der Waals surface area (Å²) in [6.07, 6.45) is 13.8. The molecule has 1 fully saturated rings. The van der Waals surface area contributed by atoms with E-state index in [0.717, 1.165) is 0 Å². The van der Waals surface area contributed by atoms with Gasteiger partial charge in [-0.15, -0.1) is 23.5 Å². The van der Waals surface area contributed by atoms with Crippen LogP contribution in [0.15, 0.2) is 36.4 Å². The third-order valence-corrected chi connectivity index (χ3v) is 7.66. The van der Waals surface area contributed by atoms with E-state index in [9.17, 15) is 0 Å². The minimum absolute atomic E-state index is 0.186. The molecule has 0 saturated carbocycles. The molecule has 102 valence electrons. The molecule has 0 atom stereocenters.